The normalized spacial score (nSPS) is 19.5. The average molecular weight is 351 g/mol. The summed E-state index contributed by atoms with van der Waals surface area (Å²) in [4.78, 5) is 37.8. The van der Waals surface area contributed by atoms with Crippen LogP contribution in [0, 0.1) is 6.92 Å². The first-order valence-corrected chi connectivity index (χ1v) is 8.40. The van der Waals surface area contributed by atoms with Crippen LogP contribution in [0.3, 0.4) is 0 Å². The molecule has 1 aliphatic carbocycles. The molecule has 0 unspecified atom stereocenters. The molecule has 1 saturated heterocycles. The number of halogens is 1. The number of carbonyl (C=O) groups is 3. The van der Waals surface area contributed by atoms with E-state index in [0.717, 1.165) is 24.2 Å². The van der Waals surface area contributed by atoms with Crippen molar-refractivity contribution in [3.8, 4) is 5.75 Å². The molecule has 1 N–H and O–H groups in total. The van der Waals surface area contributed by atoms with Crippen LogP contribution >= 0.6 is 11.6 Å². The number of carbonyl (C=O) groups excluding carboxylic acids is 3. The van der Waals surface area contributed by atoms with Crippen molar-refractivity contribution in [2.75, 3.05) is 6.54 Å². The first kappa shape index (κ1) is 16.8. The zero-order valence-corrected chi connectivity index (χ0v) is 14.2. The van der Waals surface area contributed by atoms with Gasteiger partial charge in [-0.15, -0.1) is 0 Å². The molecular formula is C17H19ClN2O4. The van der Waals surface area contributed by atoms with Gasteiger partial charge in [-0.05, 0) is 43.5 Å². The van der Waals surface area contributed by atoms with Gasteiger partial charge in [-0.25, -0.2) is 9.59 Å². The van der Waals surface area contributed by atoms with Crippen LogP contribution < -0.4 is 10.1 Å². The van der Waals surface area contributed by atoms with Gasteiger partial charge in [0.05, 0.1) is 0 Å². The van der Waals surface area contributed by atoms with Crippen LogP contribution in [0.1, 0.15) is 37.7 Å². The Balaban J connectivity index is 1.68. The summed E-state index contributed by atoms with van der Waals surface area (Å²) in [7, 11) is 0. The molecule has 6 nitrogen and oxygen atoms in total. The molecule has 3 rings (SSSR count). The minimum absolute atomic E-state index is 0.322. The van der Waals surface area contributed by atoms with E-state index in [1.54, 1.807) is 25.1 Å². The fourth-order valence-electron chi connectivity index (χ4n) is 3.33. The number of benzene rings is 1. The van der Waals surface area contributed by atoms with E-state index in [2.05, 4.69) is 5.32 Å². The van der Waals surface area contributed by atoms with Gasteiger partial charge in [0.15, 0.2) is 0 Å². The van der Waals surface area contributed by atoms with Gasteiger partial charge in [-0.3, -0.25) is 9.69 Å². The van der Waals surface area contributed by atoms with Crippen molar-refractivity contribution in [2.24, 2.45) is 0 Å². The third kappa shape index (κ3) is 3.11. The maximum Gasteiger partial charge on any atom is 0.331 e. The van der Waals surface area contributed by atoms with Crippen molar-refractivity contribution in [2.45, 2.75) is 44.6 Å². The summed E-state index contributed by atoms with van der Waals surface area (Å²) in [6, 6.07) is 4.35. The predicted octanol–water partition coefficient (Wildman–Crippen LogP) is 2.81. The first-order chi connectivity index (χ1) is 11.4. The SMILES string of the molecule is Cc1cc(Cl)ccc1OC(=O)CN1C(=O)NC2(CCCCC2)C1=O. The van der Waals surface area contributed by atoms with Crippen LogP contribution in [0.4, 0.5) is 4.79 Å². The maximum atomic E-state index is 12.6. The second-order valence-electron chi connectivity index (χ2n) is 6.35. The number of ether oxygens (including phenoxy) is 1. The number of nitrogens with zero attached hydrogens (tertiary/aromatic N) is 1. The van der Waals surface area contributed by atoms with Crippen molar-refractivity contribution >= 4 is 29.5 Å². The van der Waals surface area contributed by atoms with Gasteiger partial charge in [0, 0.05) is 5.02 Å². The summed E-state index contributed by atoms with van der Waals surface area (Å²) >= 11 is 5.87. The molecule has 2 fully saturated rings. The first-order valence-electron chi connectivity index (χ1n) is 8.02. The molecule has 128 valence electrons. The molecule has 1 aromatic rings. The number of amides is 3. The lowest BCUT2D eigenvalue weighted by Gasteiger charge is -2.30. The van der Waals surface area contributed by atoms with Crippen LogP contribution in [-0.2, 0) is 9.59 Å². The molecule has 24 heavy (non-hydrogen) atoms. The number of urea groups is 1. The summed E-state index contributed by atoms with van der Waals surface area (Å²) < 4.78 is 5.26. The summed E-state index contributed by atoms with van der Waals surface area (Å²) in [6.45, 7) is 1.37. The van der Waals surface area contributed by atoms with Crippen LogP contribution in [0.15, 0.2) is 18.2 Å². The Morgan fingerprint density at radius 2 is 2.00 bits per heavy atom. The largest absolute Gasteiger partial charge is 0.425 e. The second kappa shape index (κ2) is 6.43. The minimum Gasteiger partial charge on any atom is -0.425 e. The lowest BCUT2D eigenvalue weighted by Crippen LogP contribution is -2.48. The topological polar surface area (TPSA) is 75.7 Å². The molecule has 1 saturated carbocycles. The van der Waals surface area contributed by atoms with Gasteiger partial charge in [-0.1, -0.05) is 30.9 Å². The highest BCUT2D eigenvalue weighted by atomic mass is 35.5. The number of imide groups is 1. The maximum absolute atomic E-state index is 12.6. The van der Waals surface area contributed by atoms with Gasteiger partial charge < -0.3 is 10.1 Å². The van der Waals surface area contributed by atoms with Crippen molar-refractivity contribution < 1.29 is 19.1 Å². The number of nitrogens with one attached hydrogen (secondary N) is 1. The van der Waals surface area contributed by atoms with Crippen molar-refractivity contribution in [1.82, 2.24) is 10.2 Å². The van der Waals surface area contributed by atoms with Crippen molar-refractivity contribution in [3.05, 3.63) is 28.8 Å². The Morgan fingerprint density at radius 1 is 1.29 bits per heavy atom. The third-order valence-corrected chi connectivity index (χ3v) is 4.84. The highest BCUT2D eigenvalue weighted by Gasteiger charge is 2.51. The van der Waals surface area contributed by atoms with Crippen LogP contribution in [0.25, 0.3) is 0 Å². The number of aryl methyl sites for hydroxylation is 1. The lowest BCUT2D eigenvalue weighted by molar-refractivity contribution is -0.141. The van der Waals surface area contributed by atoms with Crippen molar-refractivity contribution in [1.29, 1.82) is 0 Å². The standard InChI is InChI=1S/C17H19ClN2O4/c1-11-9-12(18)5-6-13(11)24-14(21)10-20-15(22)17(19-16(20)23)7-3-2-4-8-17/h5-6,9H,2-4,7-8,10H2,1H3,(H,19,23). The number of esters is 1. The van der Waals surface area contributed by atoms with Gasteiger partial charge >= 0.3 is 12.0 Å². The molecule has 2 aliphatic rings. The fraction of sp³-hybridized carbons (Fsp3) is 0.471. The highest BCUT2D eigenvalue weighted by molar-refractivity contribution is 6.30. The quantitative estimate of drug-likeness (QED) is 0.516. The van der Waals surface area contributed by atoms with E-state index in [1.807, 2.05) is 0 Å². The zero-order valence-electron chi connectivity index (χ0n) is 13.4. The van der Waals surface area contributed by atoms with Gasteiger partial charge in [0.1, 0.15) is 17.8 Å². The van der Waals surface area contributed by atoms with Gasteiger partial charge in [0.25, 0.3) is 5.91 Å². The molecule has 0 atom stereocenters. The van der Waals surface area contributed by atoms with E-state index in [9.17, 15) is 14.4 Å². The summed E-state index contributed by atoms with van der Waals surface area (Å²) in [5.41, 5.74) is -0.122. The second-order valence-corrected chi connectivity index (χ2v) is 6.78. The minimum atomic E-state index is -0.828. The lowest BCUT2D eigenvalue weighted by atomic mass is 9.82. The van der Waals surface area contributed by atoms with Crippen LogP contribution in [0.5, 0.6) is 5.75 Å². The molecule has 1 aromatic carbocycles. The fourth-order valence-corrected chi connectivity index (χ4v) is 3.55. The third-order valence-electron chi connectivity index (χ3n) is 4.60. The number of hydrogen-bond acceptors (Lipinski definition) is 4. The van der Waals surface area contributed by atoms with E-state index < -0.39 is 24.1 Å². The Morgan fingerprint density at radius 3 is 2.67 bits per heavy atom. The van der Waals surface area contributed by atoms with Gasteiger partial charge in [-0.2, -0.15) is 0 Å². The Kier molecular flexibility index (Phi) is 4.49. The molecule has 0 aromatic heterocycles. The smallest absolute Gasteiger partial charge is 0.331 e. The molecule has 1 aliphatic heterocycles. The van der Waals surface area contributed by atoms with E-state index in [-0.39, 0.29) is 5.91 Å². The Bertz CT molecular complexity index is 698. The van der Waals surface area contributed by atoms with E-state index in [4.69, 9.17) is 16.3 Å². The average Bonchev–Trinajstić information content (AvgIpc) is 2.75. The van der Waals surface area contributed by atoms with Crippen molar-refractivity contribution in [3.63, 3.8) is 0 Å². The van der Waals surface area contributed by atoms with E-state index in [0.29, 0.717) is 29.2 Å². The Labute approximate surface area is 145 Å². The monoisotopic (exact) mass is 350 g/mol. The molecule has 3 amide bonds. The molecular weight excluding hydrogens is 332 g/mol. The number of rotatable bonds is 3. The van der Waals surface area contributed by atoms with Crippen LogP contribution in [-0.4, -0.2) is 34.9 Å². The van der Waals surface area contributed by atoms with E-state index >= 15 is 0 Å². The highest BCUT2D eigenvalue weighted by Crippen LogP contribution is 2.33. The summed E-state index contributed by atoms with van der Waals surface area (Å²) in [5, 5.41) is 3.31. The molecule has 1 spiro atoms. The van der Waals surface area contributed by atoms with Gasteiger partial charge in [0.2, 0.25) is 0 Å². The Hall–Kier alpha value is -2.08. The zero-order chi connectivity index (χ0) is 17.3. The molecule has 0 radical (unpaired) electrons. The summed E-state index contributed by atoms with van der Waals surface area (Å²) in [5.74, 6) is -0.613. The van der Waals surface area contributed by atoms with E-state index in [1.165, 1.54) is 0 Å². The van der Waals surface area contributed by atoms with Crippen LogP contribution in [0.2, 0.25) is 5.02 Å². The molecule has 1 heterocycles. The summed E-state index contributed by atoms with van der Waals surface area (Å²) in [6.07, 6.45) is 4.10. The molecule has 0 bridgehead atoms. The number of hydrogen-bond donors (Lipinski definition) is 1. The molecule has 7 heteroatoms. The predicted molar refractivity (Wildman–Crippen MR) is 87.9 cm³/mol.